The van der Waals surface area contributed by atoms with Crippen molar-refractivity contribution >= 4 is 29.3 Å². The first-order valence-corrected chi connectivity index (χ1v) is 8.35. The van der Waals surface area contributed by atoms with E-state index in [1.807, 2.05) is 27.7 Å². The molecule has 0 saturated heterocycles. The average Bonchev–Trinajstić information content (AvgIpc) is 2.37. The Hall–Kier alpha value is -1.75. The van der Waals surface area contributed by atoms with Crippen LogP contribution < -0.4 is 10.6 Å². The number of hydrogen-bond acceptors (Lipinski definition) is 3. The molecule has 2 N–H and O–H groups in total. The molecule has 1 atom stereocenters. The molecule has 0 radical (unpaired) electrons. The number of hydrogen-bond donors (Lipinski definition) is 2. The van der Waals surface area contributed by atoms with Crippen LogP contribution in [0.2, 0.25) is 5.02 Å². The first-order chi connectivity index (χ1) is 10.9. The Balaban J connectivity index is 2.91. The molecular weight excluding hydrogens is 328 g/mol. The first-order valence-electron chi connectivity index (χ1n) is 7.98. The van der Waals surface area contributed by atoms with Gasteiger partial charge in [-0.05, 0) is 63.8 Å². The Morgan fingerprint density at radius 2 is 1.62 bits per heavy atom. The molecule has 134 valence electrons. The van der Waals surface area contributed by atoms with Gasteiger partial charge in [0, 0.05) is 10.7 Å². The van der Waals surface area contributed by atoms with E-state index >= 15 is 0 Å². The van der Waals surface area contributed by atoms with Gasteiger partial charge in [0.25, 0.3) is 0 Å². The normalized spacial score (nSPS) is 12.7. The van der Waals surface area contributed by atoms with E-state index in [-0.39, 0.29) is 11.8 Å². The van der Waals surface area contributed by atoms with Crippen LogP contribution in [-0.2, 0) is 9.53 Å². The van der Waals surface area contributed by atoms with Crippen LogP contribution in [0.4, 0.5) is 10.5 Å². The van der Waals surface area contributed by atoms with Gasteiger partial charge in [-0.3, -0.25) is 4.79 Å². The van der Waals surface area contributed by atoms with E-state index in [0.29, 0.717) is 10.7 Å². The van der Waals surface area contributed by atoms with Gasteiger partial charge in [-0.1, -0.05) is 25.4 Å². The molecule has 5 nitrogen and oxygen atoms in total. The second-order valence-electron chi connectivity index (χ2n) is 7.27. The molecule has 0 aliphatic carbocycles. The van der Waals surface area contributed by atoms with E-state index in [1.54, 1.807) is 32.9 Å². The summed E-state index contributed by atoms with van der Waals surface area (Å²) in [5.74, 6) is -0.380. The zero-order valence-electron chi connectivity index (χ0n) is 15.4. The number of alkyl carbamates (subject to hydrolysis) is 1. The molecule has 6 heteroatoms. The molecule has 1 rings (SSSR count). The fraction of sp³-hybridized carbons (Fsp3) is 0.556. The van der Waals surface area contributed by atoms with Crippen molar-refractivity contribution in [1.29, 1.82) is 0 Å². The number of halogens is 1. The van der Waals surface area contributed by atoms with Crippen LogP contribution in [0.1, 0.15) is 45.7 Å². The summed E-state index contributed by atoms with van der Waals surface area (Å²) < 4.78 is 5.23. The molecule has 0 aliphatic heterocycles. The Labute approximate surface area is 149 Å². The van der Waals surface area contributed by atoms with Gasteiger partial charge in [0.05, 0.1) is 0 Å². The van der Waals surface area contributed by atoms with Crippen molar-refractivity contribution in [1.82, 2.24) is 5.32 Å². The molecule has 0 spiro atoms. The van der Waals surface area contributed by atoms with Crippen LogP contribution >= 0.6 is 11.6 Å². The Kier molecular flexibility index (Phi) is 6.67. The van der Waals surface area contributed by atoms with Crippen molar-refractivity contribution in [2.75, 3.05) is 5.32 Å². The summed E-state index contributed by atoms with van der Waals surface area (Å²) in [6.07, 6.45) is -0.610. The van der Waals surface area contributed by atoms with Gasteiger partial charge >= 0.3 is 6.09 Å². The molecule has 2 amide bonds. The highest BCUT2D eigenvalue weighted by Crippen LogP contribution is 2.25. The van der Waals surface area contributed by atoms with E-state index in [0.717, 1.165) is 11.1 Å². The molecule has 0 bridgehead atoms. The molecule has 1 aromatic carbocycles. The van der Waals surface area contributed by atoms with Crippen molar-refractivity contribution in [2.24, 2.45) is 5.92 Å². The molecule has 0 heterocycles. The average molecular weight is 355 g/mol. The predicted octanol–water partition coefficient (Wildman–Crippen LogP) is 4.44. The Morgan fingerprint density at radius 1 is 1.12 bits per heavy atom. The van der Waals surface area contributed by atoms with Crippen molar-refractivity contribution in [3.63, 3.8) is 0 Å². The molecule has 24 heavy (non-hydrogen) atoms. The van der Waals surface area contributed by atoms with Crippen LogP contribution in [0.15, 0.2) is 12.1 Å². The quantitative estimate of drug-likeness (QED) is 0.839. The van der Waals surface area contributed by atoms with Gasteiger partial charge in [-0.2, -0.15) is 0 Å². The molecule has 0 aromatic heterocycles. The van der Waals surface area contributed by atoms with Gasteiger partial charge in [0.2, 0.25) is 5.91 Å². The Morgan fingerprint density at radius 3 is 2.04 bits per heavy atom. The summed E-state index contributed by atoms with van der Waals surface area (Å²) in [5, 5.41) is 6.15. The van der Waals surface area contributed by atoms with E-state index in [2.05, 4.69) is 10.6 Å². The summed E-state index contributed by atoms with van der Waals surface area (Å²) >= 11 is 6.02. The Bertz CT molecular complexity index is 598. The van der Waals surface area contributed by atoms with Crippen molar-refractivity contribution in [3.8, 4) is 0 Å². The topological polar surface area (TPSA) is 67.4 Å². The van der Waals surface area contributed by atoms with E-state index < -0.39 is 17.7 Å². The lowest BCUT2D eigenvalue weighted by molar-refractivity contribution is -0.119. The summed E-state index contributed by atoms with van der Waals surface area (Å²) in [4.78, 5) is 24.6. The standard InChI is InChI=1S/C18H27ClN2O3/c1-10(2)14(21-17(23)24-18(5,6)7)16(22)20-15-11(3)8-13(19)9-12(15)4/h8-10,14H,1-7H3,(H,20,22)(H,21,23)/t14-/m1/s1. The number of nitrogens with one attached hydrogen (secondary N) is 2. The molecule has 0 aliphatic rings. The third-order valence-corrected chi connectivity index (χ3v) is 3.59. The van der Waals surface area contributed by atoms with Gasteiger partial charge in [0.1, 0.15) is 11.6 Å². The smallest absolute Gasteiger partial charge is 0.408 e. The number of ether oxygens (including phenoxy) is 1. The fourth-order valence-electron chi connectivity index (χ4n) is 2.28. The van der Waals surface area contributed by atoms with E-state index in [1.165, 1.54) is 0 Å². The highest BCUT2D eigenvalue weighted by molar-refractivity contribution is 6.30. The van der Waals surface area contributed by atoms with Crippen LogP contribution in [0, 0.1) is 19.8 Å². The van der Waals surface area contributed by atoms with Gasteiger partial charge in [0.15, 0.2) is 0 Å². The van der Waals surface area contributed by atoms with Crippen molar-refractivity contribution in [2.45, 2.75) is 60.1 Å². The van der Waals surface area contributed by atoms with Crippen LogP contribution in [-0.4, -0.2) is 23.6 Å². The number of aryl methyl sites for hydroxylation is 2. The maximum atomic E-state index is 12.6. The minimum absolute atomic E-state index is 0.0922. The molecule has 0 fully saturated rings. The number of rotatable bonds is 4. The molecule has 1 aromatic rings. The number of benzene rings is 1. The van der Waals surface area contributed by atoms with Crippen LogP contribution in [0.25, 0.3) is 0 Å². The van der Waals surface area contributed by atoms with E-state index in [4.69, 9.17) is 16.3 Å². The van der Waals surface area contributed by atoms with Gasteiger partial charge < -0.3 is 15.4 Å². The minimum atomic E-state index is -0.700. The number of amides is 2. The third kappa shape index (κ3) is 6.04. The number of carbonyl (C=O) groups excluding carboxylic acids is 2. The van der Waals surface area contributed by atoms with Gasteiger partial charge in [-0.25, -0.2) is 4.79 Å². The highest BCUT2D eigenvalue weighted by Gasteiger charge is 2.27. The van der Waals surface area contributed by atoms with Crippen LogP contribution in [0.3, 0.4) is 0 Å². The zero-order chi connectivity index (χ0) is 18.7. The minimum Gasteiger partial charge on any atom is -0.444 e. The lowest BCUT2D eigenvalue weighted by Crippen LogP contribution is -2.48. The highest BCUT2D eigenvalue weighted by atomic mass is 35.5. The van der Waals surface area contributed by atoms with Crippen molar-refractivity contribution in [3.05, 3.63) is 28.3 Å². The summed E-state index contributed by atoms with van der Waals surface area (Å²) in [6.45, 7) is 12.8. The maximum absolute atomic E-state index is 12.6. The molecule has 0 unspecified atom stereocenters. The SMILES string of the molecule is Cc1cc(Cl)cc(C)c1NC(=O)[C@H](NC(=O)OC(C)(C)C)C(C)C. The van der Waals surface area contributed by atoms with E-state index in [9.17, 15) is 9.59 Å². The monoisotopic (exact) mass is 354 g/mol. The maximum Gasteiger partial charge on any atom is 0.408 e. The number of carbonyl (C=O) groups is 2. The largest absolute Gasteiger partial charge is 0.444 e. The zero-order valence-corrected chi connectivity index (χ0v) is 16.2. The predicted molar refractivity (Wildman–Crippen MR) is 97.6 cm³/mol. The summed E-state index contributed by atoms with van der Waals surface area (Å²) in [7, 11) is 0. The second-order valence-corrected chi connectivity index (χ2v) is 7.71. The first kappa shape index (κ1) is 20.3. The lowest BCUT2D eigenvalue weighted by atomic mass is 10.0. The summed E-state index contributed by atoms with van der Waals surface area (Å²) in [5.41, 5.74) is 1.83. The molecular formula is C18H27ClN2O3. The summed E-state index contributed by atoms with van der Waals surface area (Å²) in [6, 6.07) is 2.88. The lowest BCUT2D eigenvalue weighted by Gasteiger charge is -2.25. The van der Waals surface area contributed by atoms with Crippen molar-refractivity contribution < 1.29 is 14.3 Å². The van der Waals surface area contributed by atoms with Crippen LogP contribution in [0.5, 0.6) is 0 Å². The second kappa shape index (κ2) is 7.88. The third-order valence-electron chi connectivity index (χ3n) is 3.37. The number of anilines is 1. The molecule has 0 saturated carbocycles. The fourth-order valence-corrected chi connectivity index (χ4v) is 2.61. The van der Waals surface area contributed by atoms with Gasteiger partial charge in [-0.15, -0.1) is 0 Å².